The molecule has 0 saturated heterocycles. The smallest absolute Gasteiger partial charge is 0.355 e. The molecule has 0 aliphatic carbocycles. The van der Waals surface area contributed by atoms with Gasteiger partial charge in [-0.1, -0.05) is 0 Å². The lowest BCUT2D eigenvalue weighted by Crippen LogP contribution is -2.17. The van der Waals surface area contributed by atoms with Crippen molar-refractivity contribution >= 4 is 5.97 Å². The van der Waals surface area contributed by atoms with E-state index in [0.29, 0.717) is 0 Å². The molecule has 0 unspecified atom stereocenters. The molecule has 0 heterocycles. The van der Waals surface area contributed by atoms with Gasteiger partial charge in [0.25, 0.3) is 0 Å². The summed E-state index contributed by atoms with van der Waals surface area (Å²) in [6.45, 7) is -0.281. The summed E-state index contributed by atoms with van der Waals surface area (Å²) in [6.07, 6.45) is 0.944. The molecule has 5 N–H and O–H groups in total. The zero-order chi connectivity index (χ0) is 7.98. The largest absolute Gasteiger partial charge is 0.459 e. The van der Waals surface area contributed by atoms with Gasteiger partial charge in [0.2, 0.25) is 0 Å². The van der Waals surface area contributed by atoms with Crippen molar-refractivity contribution in [2.75, 3.05) is 13.2 Å². The Kier molecular flexibility index (Phi) is 4.06. The Morgan fingerprint density at radius 2 is 2.30 bits per heavy atom. The molecule has 5 heteroatoms. The lowest BCUT2D eigenvalue weighted by atomic mass is 10.5. The first-order valence-electron chi connectivity index (χ1n) is 2.67. The molecule has 0 aromatic heterocycles. The molecule has 0 spiro atoms. The van der Waals surface area contributed by atoms with Crippen LogP contribution in [0.2, 0.25) is 0 Å². The molecule has 0 amide bonds. The number of ether oxygens (including phenoxy) is 1. The minimum Gasteiger partial charge on any atom is -0.459 e. The van der Waals surface area contributed by atoms with Crippen molar-refractivity contribution in [1.29, 1.82) is 0 Å². The molecule has 0 atom stereocenters. The average molecular weight is 146 g/mol. The van der Waals surface area contributed by atoms with E-state index in [9.17, 15) is 4.79 Å². The Morgan fingerprint density at radius 3 is 2.70 bits per heavy atom. The minimum absolute atomic E-state index is 0.0621. The third kappa shape index (κ3) is 2.93. The van der Waals surface area contributed by atoms with Gasteiger partial charge in [0.1, 0.15) is 12.3 Å². The number of carbonyl (C=O) groups is 1. The van der Waals surface area contributed by atoms with Gasteiger partial charge < -0.3 is 21.3 Å². The predicted octanol–water partition coefficient (Wildman–Crippen LogP) is -1.72. The number of nitrogens with two attached hydrogens (primary N) is 2. The topological polar surface area (TPSA) is 98.6 Å². The third-order valence-electron chi connectivity index (χ3n) is 0.740. The van der Waals surface area contributed by atoms with E-state index in [1.54, 1.807) is 0 Å². The van der Waals surface area contributed by atoms with Crippen molar-refractivity contribution in [1.82, 2.24) is 0 Å². The van der Waals surface area contributed by atoms with Gasteiger partial charge in [-0.15, -0.1) is 0 Å². The third-order valence-corrected chi connectivity index (χ3v) is 0.740. The van der Waals surface area contributed by atoms with Crippen LogP contribution in [-0.2, 0) is 9.53 Å². The maximum atomic E-state index is 10.5. The van der Waals surface area contributed by atoms with Gasteiger partial charge in [-0.25, -0.2) is 4.79 Å². The number of hydrogen-bond donors (Lipinski definition) is 3. The number of carbonyl (C=O) groups excluding carboxylic acids is 1. The van der Waals surface area contributed by atoms with Crippen molar-refractivity contribution in [3.8, 4) is 0 Å². The molecule has 10 heavy (non-hydrogen) atoms. The molecule has 0 rings (SSSR count). The number of rotatable bonds is 3. The molecule has 0 aromatic carbocycles. The minimum atomic E-state index is -0.712. The molecular weight excluding hydrogens is 136 g/mol. The lowest BCUT2D eigenvalue weighted by molar-refractivity contribution is -0.140. The first-order valence-corrected chi connectivity index (χ1v) is 2.67. The maximum Gasteiger partial charge on any atom is 0.355 e. The molecular formula is C5H10N2O3. The highest BCUT2D eigenvalue weighted by molar-refractivity contribution is 5.87. The highest BCUT2D eigenvalue weighted by atomic mass is 16.5. The molecule has 0 fully saturated rings. The fourth-order valence-electron chi connectivity index (χ4n) is 0.290. The van der Waals surface area contributed by atoms with Crippen LogP contribution < -0.4 is 11.5 Å². The van der Waals surface area contributed by atoms with E-state index in [4.69, 9.17) is 16.6 Å². The van der Waals surface area contributed by atoms with Gasteiger partial charge in [0.05, 0.1) is 6.61 Å². The van der Waals surface area contributed by atoms with Crippen LogP contribution in [0.4, 0.5) is 0 Å². The first-order chi connectivity index (χ1) is 4.72. The summed E-state index contributed by atoms with van der Waals surface area (Å²) in [6, 6.07) is 0. The number of aliphatic hydroxyl groups is 1. The van der Waals surface area contributed by atoms with Crippen molar-refractivity contribution in [2.24, 2.45) is 11.5 Å². The van der Waals surface area contributed by atoms with Crippen LogP contribution in [-0.4, -0.2) is 24.3 Å². The van der Waals surface area contributed by atoms with Crippen molar-refractivity contribution in [3.63, 3.8) is 0 Å². The van der Waals surface area contributed by atoms with Gasteiger partial charge in [0.15, 0.2) is 0 Å². The van der Waals surface area contributed by atoms with Crippen LogP contribution in [0.1, 0.15) is 0 Å². The monoisotopic (exact) mass is 146 g/mol. The van der Waals surface area contributed by atoms with Crippen LogP contribution in [0, 0.1) is 0 Å². The highest BCUT2D eigenvalue weighted by Gasteiger charge is 2.03. The van der Waals surface area contributed by atoms with Crippen molar-refractivity contribution in [3.05, 3.63) is 11.9 Å². The molecule has 0 aliphatic heterocycles. The fraction of sp³-hybridized carbons (Fsp3) is 0.400. The second kappa shape index (κ2) is 4.63. The van der Waals surface area contributed by atoms with Crippen LogP contribution >= 0.6 is 0 Å². The van der Waals surface area contributed by atoms with Crippen LogP contribution in [0.15, 0.2) is 11.9 Å². The van der Waals surface area contributed by atoms with E-state index in [1.807, 2.05) is 0 Å². The molecule has 5 nitrogen and oxygen atoms in total. The highest BCUT2D eigenvalue weighted by Crippen LogP contribution is 1.85. The molecule has 0 bridgehead atoms. The quantitative estimate of drug-likeness (QED) is 0.325. The Balaban J connectivity index is 3.63. The Morgan fingerprint density at radius 1 is 1.70 bits per heavy atom. The number of hydrogen-bond acceptors (Lipinski definition) is 5. The van der Waals surface area contributed by atoms with E-state index >= 15 is 0 Å². The normalized spacial score (nSPS) is 11.1. The van der Waals surface area contributed by atoms with E-state index < -0.39 is 5.97 Å². The van der Waals surface area contributed by atoms with Crippen LogP contribution in [0.25, 0.3) is 0 Å². The van der Waals surface area contributed by atoms with E-state index in [0.717, 1.165) is 6.20 Å². The summed E-state index contributed by atoms with van der Waals surface area (Å²) < 4.78 is 4.38. The van der Waals surface area contributed by atoms with Gasteiger partial charge in [-0.05, 0) is 0 Å². The number of aliphatic hydroxyl groups excluding tert-OH is 1. The second-order valence-electron chi connectivity index (χ2n) is 1.48. The molecule has 58 valence electrons. The molecule has 0 saturated carbocycles. The van der Waals surface area contributed by atoms with Crippen molar-refractivity contribution in [2.45, 2.75) is 0 Å². The average Bonchev–Trinajstić information content (AvgIpc) is 1.98. The second-order valence-corrected chi connectivity index (χ2v) is 1.48. The predicted molar refractivity (Wildman–Crippen MR) is 34.5 cm³/mol. The Labute approximate surface area is 58.3 Å². The van der Waals surface area contributed by atoms with Gasteiger partial charge in [0, 0.05) is 6.20 Å². The van der Waals surface area contributed by atoms with Crippen LogP contribution in [0.3, 0.4) is 0 Å². The summed E-state index contributed by atoms with van der Waals surface area (Å²) in [4.78, 5) is 10.5. The van der Waals surface area contributed by atoms with E-state index in [1.165, 1.54) is 0 Å². The summed E-state index contributed by atoms with van der Waals surface area (Å²) >= 11 is 0. The van der Waals surface area contributed by atoms with E-state index in [-0.39, 0.29) is 18.9 Å². The molecule has 0 radical (unpaired) electrons. The standard InChI is InChI=1S/C5H10N2O3/c6-3-4(7)5(9)10-2-1-8/h3,8H,1-2,6-7H2/b4-3+. The summed E-state index contributed by atoms with van der Waals surface area (Å²) in [5.41, 5.74) is 9.77. The van der Waals surface area contributed by atoms with Gasteiger partial charge in [-0.3, -0.25) is 0 Å². The maximum absolute atomic E-state index is 10.5. The summed E-state index contributed by atoms with van der Waals surface area (Å²) in [5, 5.41) is 8.20. The zero-order valence-corrected chi connectivity index (χ0v) is 5.41. The van der Waals surface area contributed by atoms with Gasteiger partial charge >= 0.3 is 5.97 Å². The van der Waals surface area contributed by atoms with Crippen molar-refractivity contribution < 1.29 is 14.6 Å². The Bertz CT molecular complexity index is 144. The molecule has 0 aromatic rings. The molecule has 0 aliphatic rings. The summed E-state index contributed by atoms with van der Waals surface area (Å²) in [7, 11) is 0. The van der Waals surface area contributed by atoms with Gasteiger partial charge in [-0.2, -0.15) is 0 Å². The van der Waals surface area contributed by atoms with Crippen LogP contribution in [0.5, 0.6) is 0 Å². The first kappa shape index (κ1) is 8.77. The zero-order valence-electron chi connectivity index (χ0n) is 5.41. The summed E-state index contributed by atoms with van der Waals surface area (Å²) in [5.74, 6) is -0.712. The van der Waals surface area contributed by atoms with E-state index in [2.05, 4.69) is 4.74 Å². The SMILES string of the molecule is N/C=C(/N)C(=O)OCCO. The number of esters is 1. The lowest BCUT2D eigenvalue weighted by Gasteiger charge is -2.00. The fourth-order valence-corrected chi connectivity index (χ4v) is 0.290. The Hall–Kier alpha value is -1.23.